The summed E-state index contributed by atoms with van der Waals surface area (Å²) in [7, 11) is 0. The van der Waals surface area contributed by atoms with Crippen molar-refractivity contribution in [2.75, 3.05) is 4.90 Å². The molecule has 0 amide bonds. The Bertz CT molecular complexity index is 2830. The van der Waals surface area contributed by atoms with Crippen LogP contribution in [0, 0.1) is 0 Å². The first-order chi connectivity index (χ1) is 25.3. The number of anilines is 3. The van der Waals surface area contributed by atoms with Gasteiger partial charge in [0, 0.05) is 47.8 Å². The van der Waals surface area contributed by atoms with Gasteiger partial charge >= 0.3 is 0 Å². The third-order valence-electron chi connectivity index (χ3n) is 9.99. The molecule has 0 saturated heterocycles. The molecule has 240 valence electrons. The fraction of sp³-hybridized carbons (Fsp3) is 0. The Morgan fingerprint density at radius 1 is 0.373 bits per heavy atom. The first-order valence-electron chi connectivity index (χ1n) is 17.4. The summed E-state index contributed by atoms with van der Waals surface area (Å²) in [6.45, 7) is 0. The van der Waals surface area contributed by atoms with Crippen molar-refractivity contribution in [2.24, 2.45) is 0 Å². The largest absolute Gasteiger partial charge is 0.309 e. The molecule has 51 heavy (non-hydrogen) atoms. The van der Waals surface area contributed by atoms with Crippen molar-refractivity contribution in [1.82, 2.24) is 4.57 Å². The van der Waals surface area contributed by atoms with Crippen LogP contribution in [-0.2, 0) is 0 Å². The molecular weight excluding hydrogens is 637 g/mol. The normalized spacial score (nSPS) is 11.5. The van der Waals surface area contributed by atoms with Crippen LogP contribution in [0.1, 0.15) is 0 Å². The summed E-state index contributed by atoms with van der Waals surface area (Å²) in [5.74, 6) is 0. The molecule has 0 atom stereocenters. The second-order valence-corrected chi connectivity index (χ2v) is 14.0. The molecule has 0 radical (unpaired) electrons. The summed E-state index contributed by atoms with van der Waals surface area (Å²) in [5.41, 5.74) is 11.7. The molecule has 3 heteroatoms. The number of hydrogen-bond acceptors (Lipinski definition) is 2. The molecule has 0 spiro atoms. The maximum atomic E-state index is 2.49. The lowest BCUT2D eigenvalue weighted by atomic mass is 9.98. The fourth-order valence-electron chi connectivity index (χ4n) is 7.79. The number of fused-ring (bicyclic) bond motifs is 6. The average molecular weight is 669 g/mol. The third-order valence-corrected chi connectivity index (χ3v) is 11.1. The van der Waals surface area contributed by atoms with E-state index >= 15 is 0 Å². The fourth-order valence-corrected chi connectivity index (χ4v) is 8.91. The maximum Gasteiger partial charge on any atom is 0.0555 e. The molecule has 0 bridgehead atoms. The van der Waals surface area contributed by atoms with Crippen LogP contribution >= 0.6 is 11.3 Å². The molecule has 0 N–H and O–H groups in total. The number of thiophene rings is 1. The average Bonchev–Trinajstić information content (AvgIpc) is 3.75. The Balaban J connectivity index is 1.24. The monoisotopic (exact) mass is 668 g/mol. The molecule has 2 nitrogen and oxygen atoms in total. The van der Waals surface area contributed by atoms with Gasteiger partial charge in [-0.2, -0.15) is 0 Å². The highest BCUT2D eigenvalue weighted by Crippen LogP contribution is 2.49. The van der Waals surface area contributed by atoms with Crippen molar-refractivity contribution in [3.63, 3.8) is 0 Å². The van der Waals surface area contributed by atoms with E-state index in [1.165, 1.54) is 64.4 Å². The number of para-hydroxylation sites is 4. The van der Waals surface area contributed by atoms with Crippen LogP contribution in [-0.4, -0.2) is 4.57 Å². The lowest BCUT2D eigenvalue weighted by molar-refractivity contribution is 1.18. The van der Waals surface area contributed by atoms with E-state index in [0.29, 0.717) is 0 Å². The van der Waals surface area contributed by atoms with E-state index < -0.39 is 0 Å². The van der Waals surface area contributed by atoms with Crippen LogP contribution in [0.2, 0.25) is 0 Å². The van der Waals surface area contributed by atoms with Gasteiger partial charge in [-0.3, -0.25) is 0 Å². The van der Waals surface area contributed by atoms with E-state index in [4.69, 9.17) is 0 Å². The van der Waals surface area contributed by atoms with Gasteiger partial charge in [0.15, 0.2) is 0 Å². The van der Waals surface area contributed by atoms with Gasteiger partial charge in [0.25, 0.3) is 0 Å². The zero-order valence-electron chi connectivity index (χ0n) is 27.8. The van der Waals surface area contributed by atoms with Gasteiger partial charge < -0.3 is 9.47 Å². The summed E-state index contributed by atoms with van der Waals surface area (Å²) >= 11 is 1.86. The molecular formula is C48H32N2S. The minimum absolute atomic E-state index is 1.13. The van der Waals surface area contributed by atoms with Crippen molar-refractivity contribution >= 4 is 70.4 Å². The maximum absolute atomic E-state index is 2.49. The van der Waals surface area contributed by atoms with Crippen LogP contribution in [0.3, 0.4) is 0 Å². The number of nitrogens with zero attached hydrogens (tertiary/aromatic N) is 2. The van der Waals surface area contributed by atoms with Crippen molar-refractivity contribution in [3.8, 4) is 27.9 Å². The van der Waals surface area contributed by atoms with Crippen LogP contribution in [0.4, 0.5) is 17.1 Å². The van der Waals surface area contributed by atoms with Crippen LogP contribution < -0.4 is 4.90 Å². The predicted octanol–water partition coefficient (Wildman–Crippen LogP) is 14.0. The lowest BCUT2D eigenvalue weighted by Crippen LogP contribution is -2.13. The number of rotatable bonds is 6. The molecule has 0 unspecified atom stereocenters. The zero-order chi connectivity index (χ0) is 33.7. The topological polar surface area (TPSA) is 8.17 Å². The molecule has 0 aliphatic heterocycles. The molecule has 2 heterocycles. The Kier molecular flexibility index (Phi) is 7.04. The quantitative estimate of drug-likeness (QED) is 0.171. The third kappa shape index (κ3) is 4.85. The summed E-state index contributed by atoms with van der Waals surface area (Å²) in [5, 5.41) is 5.08. The number of aromatic nitrogens is 1. The predicted molar refractivity (Wildman–Crippen MR) is 219 cm³/mol. The van der Waals surface area contributed by atoms with Gasteiger partial charge in [-0.25, -0.2) is 0 Å². The summed E-state index contributed by atoms with van der Waals surface area (Å²) in [6, 6.07) is 70.4. The number of benzene rings is 8. The van der Waals surface area contributed by atoms with Gasteiger partial charge in [-0.05, 0) is 65.7 Å². The Morgan fingerprint density at radius 2 is 0.882 bits per heavy atom. The summed E-state index contributed by atoms with van der Waals surface area (Å²) in [6.07, 6.45) is 0. The van der Waals surface area contributed by atoms with E-state index in [9.17, 15) is 0 Å². The van der Waals surface area contributed by atoms with E-state index in [-0.39, 0.29) is 0 Å². The van der Waals surface area contributed by atoms with E-state index in [2.05, 4.69) is 204 Å². The van der Waals surface area contributed by atoms with Crippen molar-refractivity contribution in [1.29, 1.82) is 0 Å². The molecule has 0 fully saturated rings. The van der Waals surface area contributed by atoms with Gasteiger partial charge in [0.2, 0.25) is 0 Å². The Labute approximate surface area is 300 Å². The van der Waals surface area contributed by atoms with Crippen LogP contribution in [0.5, 0.6) is 0 Å². The lowest BCUT2D eigenvalue weighted by Gasteiger charge is -2.30. The highest BCUT2D eigenvalue weighted by atomic mass is 32.1. The summed E-state index contributed by atoms with van der Waals surface area (Å²) < 4.78 is 4.97. The first-order valence-corrected chi connectivity index (χ1v) is 18.2. The Morgan fingerprint density at radius 3 is 1.61 bits per heavy atom. The molecule has 0 aliphatic rings. The van der Waals surface area contributed by atoms with Crippen LogP contribution in [0.15, 0.2) is 194 Å². The standard InChI is InChI=1S/C48H32N2S/c1-2-16-33(17-3-1)36-20-4-9-25-41(36)50(45-29-15-31-47-48(45)40-24-8-13-30-46(40)51-47)42-26-10-5-21-37(42)34-18-14-19-35(32-34)49-43-27-11-6-22-38(43)39-23-7-12-28-44(39)49/h1-32H. The molecule has 2 aromatic heterocycles. The highest BCUT2D eigenvalue weighted by molar-refractivity contribution is 7.26. The second kappa shape index (κ2) is 12.2. The van der Waals surface area contributed by atoms with E-state index in [1.807, 2.05) is 11.3 Å². The van der Waals surface area contributed by atoms with Crippen molar-refractivity contribution in [3.05, 3.63) is 194 Å². The van der Waals surface area contributed by atoms with E-state index in [0.717, 1.165) is 22.6 Å². The smallest absolute Gasteiger partial charge is 0.0555 e. The van der Waals surface area contributed by atoms with Gasteiger partial charge in [0.1, 0.15) is 0 Å². The number of hydrogen-bond donors (Lipinski definition) is 0. The molecule has 0 saturated carbocycles. The van der Waals surface area contributed by atoms with Crippen LogP contribution in [0.25, 0.3) is 69.9 Å². The minimum Gasteiger partial charge on any atom is -0.309 e. The molecule has 0 aliphatic carbocycles. The zero-order valence-corrected chi connectivity index (χ0v) is 28.6. The summed E-state index contributed by atoms with van der Waals surface area (Å²) in [4.78, 5) is 2.49. The van der Waals surface area contributed by atoms with Gasteiger partial charge in [0.05, 0.1) is 28.1 Å². The van der Waals surface area contributed by atoms with Gasteiger partial charge in [-0.1, -0.05) is 140 Å². The minimum atomic E-state index is 1.13. The highest BCUT2D eigenvalue weighted by Gasteiger charge is 2.23. The van der Waals surface area contributed by atoms with Crippen molar-refractivity contribution in [2.45, 2.75) is 0 Å². The first kappa shape index (κ1) is 29.5. The molecule has 8 aromatic carbocycles. The van der Waals surface area contributed by atoms with Crippen molar-refractivity contribution < 1.29 is 0 Å². The van der Waals surface area contributed by atoms with E-state index in [1.54, 1.807) is 0 Å². The van der Waals surface area contributed by atoms with Gasteiger partial charge in [-0.15, -0.1) is 11.3 Å². The molecule has 10 rings (SSSR count). The second-order valence-electron chi connectivity index (χ2n) is 12.9. The molecule has 10 aromatic rings. The Hall–Kier alpha value is -6.42. The SMILES string of the molecule is c1ccc(-c2ccccc2N(c2ccccc2-c2cccc(-n3c4ccccc4c4ccccc43)c2)c2cccc3sc4ccccc4c23)cc1.